The maximum Gasteiger partial charge on any atom is 0.279 e. The van der Waals surface area contributed by atoms with E-state index in [1.807, 2.05) is 0 Å². The number of sulfonamides is 1. The molecule has 10 heteroatoms. The third-order valence-electron chi connectivity index (χ3n) is 4.25. The molecule has 2 rings (SSSR count). The third-order valence-corrected chi connectivity index (χ3v) is 6.32. The van der Waals surface area contributed by atoms with Crippen LogP contribution in [0.15, 0.2) is 53.4 Å². The number of rotatable bonds is 8. The number of halogens is 1. The summed E-state index contributed by atoms with van der Waals surface area (Å²) in [5.41, 5.74) is 4.64. The SMILES string of the molecule is CCN(CC)S(=O)(=O)c1ccc(C(=O)NNC(=O)[C@@H](C)Oc2ccc(F)cc2)cc1. The van der Waals surface area contributed by atoms with Crippen LogP contribution in [0.2, 0.25) is 0 Å². The van der Waals surface area contributed by atoms with Gasteiger partial charge in [-0.15, -0.1) is 0 Å². The van der Waals surface area contributed by atoms with Crippen LogP contribution in [0.5, 0.6) is 5.75 Å². The predicted octanol–water partition coefficient (Wildman–Crippen LogP) is 2.08. The van der Waals surface area contributed by atoms with Crippen LogP contribution in [0.3, 0.4) is 0 Å². The molecule has 0 heterocycles. The van der Waals surface area contributed by atoms with Crippen LogP contribution in [0.25, 0.3) is 0 Å². The summed E-state index contributed by atoms with van der Waals surface area (Å²) in [6.45, 7) is 5.63. The Balaban J connectivity index is 1.94. The predicted molar refractivity (Wildman–Crippen MR) is 109 cm³/mol. The molecule has 0 aromatic heterocycles. The van der Waals surface area contributed by atoms with Crippen molar-refractivity contribution >= 4 is 21.8 Å². The number of amides is 2. The number of carbonyl (C=O) groups is 2. The summed E-state index contributed by atoms with van der Waals surface area (Å²) in [5, 5.41) is 0. The highest BCUT2D eigenvalue weighted by atomic mass is 32.2. The number of nitrogens with one attached hydrogen (secondary N) is 2. The van der Waals surface area contributed by atoms with E-state index < -0.39 is 33.8 Å². The van der Waals surface area contributed by atoms with Gasteiger partial charge in [0.15, 0.2) is 6.10 Å². The van der Waals surface area contributed by atoms with Crippen LogP contribution < -0.4 is 15.6 Å². The summed E-state index contributed by atoms with van der Waals surface area (Å²) in [7, 11) is -3.62. The van der Waals surface area contributed by atoms with Crippen molar-refractivity contribution in [2.75, 3.05) is 13.1 Å². The molecule has 0 aliphatic rings. The lowest BCUT2D eigenvalue weighted by Crippen LogP contribution is -2.47. The van der Waals surface area contributed by atoms with E-state index in [-0.39, 0.29) is 10.5 Å². The molecule has 0 saturated carbocycles. The number of hydrazine groups is 1. The van der Waals surface area contributed by atoms with Gasteiger partial charge in [0.1, 0.15) is 11.6 Å². The van der Waals surface area contributed by atoms with Crippen LogP contribution in [-0.4, -0.2) is 43.7 Å². The van der Waals surface area contributed by atoms with Gasteiger partial charge in [0.2, 0.25) is 10.0 Å². The van der Waals surface area contributed by atoms with Crippen molar-refractivity contribution in [2.45, 2.75) is 31.8 Å². The molecule has 0 aliphatic carbocycles. The van der Waals surface area contributed by atoms with Crippen molar-refractivity contribution in [1.82, 2.24) is 15.2 Å². The van der Waals surface area contributed by atoms with E-state index in [1.54, 1.807) is 13.8 Å². The summed E-state index contributed by atoms with van der Waals surface area (Å²) in [6.07, 6.45) is -0.947. The zero-order valence-electron chi connectivity index (χ0n) is 16.9. The molecule has 0 fully saturated rings. The molecule has 1 atom stereocenters. The Labute approximate surface area is 175 Å². The quantitative estimate of drug-likeness (QED) is 0.616. The van der Waals surface area contributed by atoms with Gasteiger partial charge >= 0.3 is 0 Å². The van der Waals surface area contributed by atoms with Gasteiger partial charge in [-0.25, -0.2) is 12.8 Å². The fraction of sp³-hybridized carbons (Fsp3) is 0.300. The van der Waals surface area contributed by atoms with E-state index in [4.69, 9.17) is 4.74 Å². The van der Waals surface area contributed by atoms with Gasteiger partial charge in [-0.1, -0.05) is 13.8 Å². The molecule has 2 aromatic carbocycles. The van der Waals surface area contributed by atoms with Crippen molar-refractivity contribution < 1.29 is 27.1 Å². The number of benzene rings is 2. The highest BCUT2D eigenvalue weighted by molar-refractivity contribution is 7.89. The zero-order valence-corrected chi connectivity index (χ0v) is 17.7. The Hall–Kier alpha value is -2.98. The minimum atomic E-state index is -3.62. The lowest BCUT2D eigenvalue weighted by atomic mass is 10.2. The smallest absolute Gasteiger partial charge is 0.279 e. The van der Waals surface area contributed by atoms with Crippen LogP contribution in [0.4, 0.5) is 4.39 Å². The first kappa shape index (κ1) is 23.3. The van der Waals surface area contributed by atoms with Gasteiger partial charge in [0, 0.05) is 18.7 Å². The first-order valence-electron chi connectivity index (χ1n) is 9.31. The highest BCUT2D eigenvalue weighted by Crippen LogP contribution is 2.16. The molecule has 0 bridgehead atoms. The molecule has 0 radical (unpaired) electrons. The van der Waals surface area contributed by atoms with Crippen molar-refractivity contribution in [3.05, 3.63) is 59.9 Å². The van der Waals surface area contributed by atoms with E-state index in [0.717, 1.165) is 0 Å². The minimum absolute atomic E-state index is 0.0769. The van der Waals surface area contributed by atoms with Gasteiger partial charge in [0.25, 0.3) is 11.8 Å². The number of ether oxygens (including phenoxy) is 1. The van der Waals surface area contributed by atoms with E-state index in [2.05, 4.69) is 10.9 Å². The molecule has 162 valence electrons. The molecule has 0 aliphatic heterocycles. The van der Waals surface area contributed by atoms with E-state index >= 15 is 0 Å². The monoisotopic (exact) mass is 437 g/mol. The topological polar surface area (TPSA) is 105 Å². The number of nitrogens with zero attached hydrogens (tertiary/aromatic N) is 1. The summed E-state index contributed by atoms with van der Waals surface area (Å²) < 4.78 is 44.5. The molecular weight excluding hydrogens is 413 g/mol. The summed E-state index contributed by atoms with van der Waals surface area (Å²) in [6, 6.07) is 10.6. The minimum Gasteiger partial charge on any atom is -0.481 e. The maximum atomic E-state index is 12.9. The summed E-state index contributed by atoms with van der Waals surface area (Å²) in [5.74, 6) is -1.37. The number of hydrogen-bond donors (Lipinski definition) is 2. The lowest BCUT2D eigenvalue weighted by Gasteiger charge is -2.18. The van der Waals surface area contributed by atoms with Crippen molar-refractivity contribution in [3.8, 4) is 5.75 Å². The van der Waals surface area contributed by atoms with Crippen molar-refractivity contribution in [1.29, 1.82) is 0 Å². The molecule has 2 N–H and O–H groups in total. The molecular formula is C20H24FN3O5S. The second-order valence-corrected chi connectivity index (χ2v) is 8.21. The van der Waals surface area contributed by atoms with Crippen molar-refractivity contribution in [3.63, 3.8) is 0 Å². The Morgan fingerprint density at radius 2 is 1.57 bits per heavy atom. The molecule has 0 spiro atoms. The zero-order chi connectivity index (χ0) is 22.3. The Morgan fingerprint density at radius 1 is 1.00 bits per heavy atom. The fourth-order valence-corrected chi connectivity index (χ4v) is 4.01. The normalized spacial score (nSPS) is 12.3. The van der Waals surface area contributed by atoms with Gasteiger partial charge in [-0.2, -0.15) is 4.31 Å². The lowest BCUT2D eigenvalue weighted by molar-refractivity contribution is -0.128. The standard InChI is InChI=1S/C20H24FN3O5S/c1-4-24(5-2)30(27,28)18-12-6-15(7-13-18)20(26)23-22-19(25)14(3)29-17-10-8-16(21)9-11-17/h6-14H,4-5H2,1-3H3,(H,22,25)(H,23,26)/t14-/m1/s1. The highest BCUT2D eigenvalue weighted by Gasteiger charge is 2.22. The van der Waals surface area contributed by atoms with Crippen LogP contribution >= 0.6 is 0 Å². The summed E-state index contributed by atoms with van der Waals surface area (Å²) >= 11 is 0. The first-order valence-corrected chi connectivity index (χ1v) is 10.8. The van der Waals surface area contributed by atoms with Gasteiger partial charge in [-0.3, -0.25) is 20.4 Å². The molecule has 2 amide bonds. The average molecular weight is 437 g/mol. The van der Waals surface area contributed by atoms with Gasteiger partial charge in [0.05, 0.1) is 4.90 Å². The van der Waals surface area contributed by atoms with E-state index in [0.29, 0.717) is 18.8 Å². The molecule has 8 nitrogen and oxygen atoms in total. The fourth-order valence-electron chi connectivity index (χ4n) is 2.55. The number of hydrogen-bond acceptors (Lipinski definition) is 5. The molecule has 2 aromatic rings. The van der Waals surface area contributed by atoms with E-state index in [1.165, 1.54) is 59.8 Å². The van der Waals surface area contributed by atoms with Crippen LogP contribution in [-0.2, 0) is 14.8 Å². The van der Waals surface area contributed by atoms with Gasteiger partial charge < -0.3 is 4.74 Å². The number of carbonyl (C=O) groups excluding carboxylic acids is 2. The van der Waals surface area contributed by atoms with Crippen molar-refractivity contribution in [2.24, 2.45) is 0 Å². The van der Waals surface area contributed by atoms with Crippen LogP contribution in [0, 0.1) is 5.82 Å². The Kier molecular flexibility index (Phi) is 7.90. The molecule has 0 saturated heterocycles. The third kappa shape index (κ3) is 5.77. The molecule has 30 heavy (non-hydrogen) atoms. The summed E-state index contributed by atoms with van der Waals surface area (Å²) in [4.78, 5) is 24.4. The average Bonchev–Trinajstić information content (AvgIpc) is 2.74. The largest absolute Gasteiger partial charge is 0.481 e. The Morgan fingerprint density at radius 3 is 2.10 bits per heavy atom. The second-order valence-electron chi connectivity index (χ2n) is 6.27. The molecule has 0 unspecified atom stereocenters. The van der Waals surface area contributed by atoms with Gasteiger partial charge in [-0.05, 0) is 55.5 Å². The Bertz CT molecular complexity index is 975. The second kappa shape index (κ2) is 10.2. The van der Waals surface area contributed by atoms with Crippen LogP contribution in [0.1, 0.15) is 31.1 Å². The maximum absolute atomic E-state index is 12.9. The first-order chi connectivity index (χ1) is 14.2. The van der Waals surface area contributed by atoms with E-state index in [9.17, 15) is 22.4 Å².